The van der Waals surface area contributed by atoms with Crippen molar-refractivity contribution < 1.29 is 13.2 Å². The summed E-state index contributed by atoms with van der Waals surface area (Å²) in [5.41, 5.74) is -0.721. The summed E-state index contributed by atoms with van der Waals surface area (Å²) in [5, 5.41) is -0.427. The summed E-state index contributed by atoms with van der Waals surface area (Å²) in [6, 6.07) is 0. The van der Waals surface area contributed by atoms with Gasteiger partial charge in [0.25, 0.3) is 0 Å². The van der Waals surface area contributed by atoms with Gasteiger partial charge in [-0.1, -0.05) is 11.6 Å². The minimum absolute atomic E-state index is 0.0637. The van der Waals surface area contributed by atoms with E-state index < -0.39 is 16.9 Å². The molecule has 0 fully saturated rings. The van der Waals surface area contributed by atoms with Crippen molar-refractivity contribution in [3.05, 3.63) is 10.7 Å². The average Bonchev–Trinajstić information content (AvgIpc) is 1.86. The van der Waals surface area contributed by atoms with Crippen molar-refractivity contribution in [1.82, 2.24) is 0 Å². The summed E-state index contributed by atoms with van der Waals surface area (Å²) in [4.78, 5) is 3.38. The highest BCUT2D eigenvalue weighted by molar-refractivity contribution is 6.30. The van der Waals surface area contributed by atoms with Crippen LogP contribution in [-0.4, -0.2) is 12.4 Å². The largest absolute Gasteiger partial charge is 0.415 e. The maximum absolute atomic E-state index is 12.0. The molecular weight excluding hydrogens is 179 g/mol. The predicted octanol–water partition coefficient (Wildman–Crippen LogP) is 2.86. The second-order valence-corrected chi connectivity index (χ2v) is 2.48. The van der Waals surface area contributed by atoms with Crippen LogP contribution in [0.4, 0.5) is 13.2 Å². The van der Waals surface area contributed by atoms with Crippen LogP contribution in [0.15, 0.2) is 15.7 Å². The van der Waals surface area contributed by atoms with Crippen molar-refractivity contribution in [3.8, 4) is 0 Å². The van der Waals surface area contributed by atoms with Crippen molar-refractivity contribution in [1.29, 1.82) is 0 Å². The van der Waals surface area contributed by atoms with Crippen LogP contribution in [-0.2, 0) is 0 Å². The molecule has 0 N–H and O–H groups in total. The molecule has 0 aromatic carbocycles. The minimum Gasteiger partial charge on any atom is -0.249 e. The highest BCUT2D eigenvalue weighted by Crippen LogP contribution is 2.34. The standard InChI is InChI=1S/C6H5ClF3N/c7-5-4(6(8,9)10)2-1-3-11-5/h3H,1-2H2. The number of hydrogen-bond donors (Lipinski definition) is 0. The minimum atomic E-state index is -4.32. The van der Waals surface area contributed by atoms with Crippen LogP contribution >= 0.6 is 11.6 Å². The van der Waals surface area contributed by atoms with Crippen LogP contribution in [0, 0.1) is 0 Å². The maximum Gasteiger partial charge on any atom is 0.415 e. The lowest BCUT2D eigenvalue weighted by Gasteiger charge is -2.13. The van der Waals surface area contributed by atoms with E-state index in [0.717, 1.165) is 0 Å². The van der Waals surface area contributed by atoms with Crippen LogP contribution in [0.3, 0.4) is 0 Å². The summed E-state index contributed by atoms with van der Waals surface area (Å²) in [6.45, 7) is 0. The van der Waals surface area contributed by atoms with Gasteiger partial charge in [-0.3, -0.25) is 0 Å². The Morgan fingerprint density at radius 2 is 2.09 bits per heavy atom. The lowest BCUT2D eigenvalue weighted by Crippen LogP contribution is -2.14. The van der Waals surface area contributed by atoms with E-state index in [-0.39, 0.29) is 6.42 Å². The number of rotatable bonds is 0. The van der Waals surface area contributed by atoms with E-state index in [0.29, 0.717) is 6.42 Å². The van der Waals surface area contributed by atoms with Crippen molar-refractivity contribution >= 4 is 17.8 Å². The van der Waals surface area contributed by atoms with Crippen molar-refractivity contribution in [3.63, 3.8) is 0 Å². The molecule has 0 bridgehead atoms. The predicted molar refractivity (Wildman–Crippen MR) is 36.7 cm³/mol. The molecule has 1 aliphatic heterocycles. The first-order valence-corrected chi connectivity index (χ1v) is 3.38. The summed E-state index contributed by atoms with van der Waals surface area (Å²) in [5.74, 6) is 0. The van der Waals surface area contributed by atoms with Gasteiger partial charge in [0.15, 0.2) is 0 Å². The maximum atomic E-state index is 12.0. The lowest BCUT2D eigenvalue weighted by molar-refractivity contribution is -0.0944. The zero-order chi connectivity index (χ0) is 8.48. The highest BCUT2D eigenvalue weighted by atomic mass is 35.5. The highest BCUT2D eigenvalue weighted by Gasteiger charge is 2.36. The molecule has 0 spiro atoms. The number of halogens is 4. The molecule has 0 radical (unpaired) electrons. The molecule has 0 saturated heterocycles. The Kier molecular flexibility index (Phi) is 2.23. The van der Waals surface area contributed by atoms with Crippen LogP contribution in [0.5, 0.6) is 0 Å². The normalized spacial score (nSPS) is 19.3. The first-order valence-electron chi connectivity index (χ1n) is 3.00. The SMILES string of the molecule is FC(F)(F)C1=C(Cl)N=CCC1. The molecule has 0 atom stereocenters. The lowest BCUT2D eigenvalue weighted by atomic mass is 10.1. The fraction of sp³-hybridized carbons (Fsp3) is 0.500. The summed E-state index contributed by atoms with van der Waals surface area (Å²) in [6.07, 6.45) is -2.69. The Balaban J connectivity index is 2.93. The molecule has 0 amide bonds. The van der Waals surface area contributed by atoms with Gasteiger partial charge in [-0.25, -0.2) is 4.99 Å². The van der Waals surface area contributed by atoms with Crippen LogP contribution in [0.1, 0.15) is 12.8 Å². The summed E-state index contributed by atoms with van der Waals surface area (Å²) in [7, 11) is 0. The molecule has 62 valence electrons. The Labute approximate surface area is 66.6 Å². The second kappa shape index (κ2) is 2.85. The molecule has 0 saturated carbocycles. The number of hydrogen-bond acceptors (Lipinski definition) is 1. The van der Waals surface area contributed by atoms with E-state index in [1.807, 2.05) is 0 Å². The molecule has 1 nitrogen and oxygen atoms in total. The molecular formula is C6H5ClF3N. The Morgan fingerprint density at radius 1 is 1.45 bits per heavy atom. The van der Waals surface area contributed by atoms with Gasteiger partial charge in [-0.15, -0.1) is 0 Å². The van der Waals surface area contributed by atoms with Crippen LogP contribution < -0.4 is 0 Å². The first-order chi connectivity index (χ1) is 5.02. The summed E-state index contributed by atoms with van der Waals surface area (Å²) < 4.78 is 35.9. The summed E-state index contributed by atoms with van der Waals surface area (Å²) >= 11 is 5.23. The van der Waals surface area contributed by atoms with Gasteiger partial charge in [0.05, 0.1) is 5.57 Å². The number of alkyl halides is 3. The Bertz CT molecular complexity index is 216. The van der Waals surface area contributed by atoms with E-state index in [2.05, 4.69) is 4.99 Å². The van der Waals surface area contributed by atoms with Crippen molar-refractivity contribution in [2.45, 2.75) is 19.0 Å². The van der Waals surface area contributed by atoms with Crippen LogP contribution in [0.25, 0.3) is 0 Å². The molecule has 11 heavy (non-hydrogen) atoms. The Hall–Kier alpha value is -0.510. The number of allylic oxidation sites excluding steroid dienone is 1. The number of aliphatic imine (C=N–C) groups is 1. The smallest absolute Gasteiger partial charge is 0.249 e. The Morgan fingerprint density at radius 3 is 2.45 bits per heavy atom. The molecule has 1 aliphatic rings. The number of nitrogens with zero attached hydrogens (tertiary/aromatic N) is 1. The van der Waals surface area contributed by atoms with Gasteiger partial charge in [0.1, 0.15) is 5.16 Å². The van der Waals surface area contributed by atoms with E-state index >= 15 is 0 Å². The second-order valence-electron chi connectivity index (χ2n) is 2.12. The fourth-order valence-electron chi connectivity index (χ4n) is 0.793. The molecule has 0 unspecified atom stereocenters. The monoisotopic (exact) mass is 183 g/mol. The molecule has 0 aliphatic carbocycles. The average molecular weight is 184 g/mol. The third kappa shape index (κ3) is 1.96. The fourth-order valence-corrected chi connectivity index (χ4v) is 1.06. The quantitative estimate of drug-likeness (QED) is 0.512. The molecule has 0 aromatic heterocycles. The molecule has 5 heteroatoms. The van der Waals surface area contributed by atoms with Gasteiger partial charge in [0.2, 0.25) is 0 Å². The van der Waals surface area contributed by atoms with Crippen LogP contribution in [0.2, 0.25) is 0 Å². The van der Waals surface area contributed by atoms with Gasteiger partial charge in [-0.2, -0.15) is 13.2 Å². The van der Waals surface area contributed by atoms with Crippen molar-refractivity contribution in [2.75, 3.05) is 0 Å². The molecule has 1 rings (SSSR count). The van der Waals surface area contributed by atoms with Gasteiger partial charge < -0.3 is 0 Å². The van der Waals surface area contributed by atoms with E-state index in [9.17, 15) is 13.2 Å². The topological polar surface area (TPSA) is 12.4 Å². The van der Waals surface area contributed by atoms with Gasteiger partial charge in [0, 0.05) is 6.21 Å². The van der Waals surface area contributed by atoms with E-state index in [1.165, 1.54) is 6.21 Å². The third-order valence-corrected chi connectivity index (χ3v) is 1.64. The zero-order valence-electron chi connectivity index (χ0n) is 5.45. The van der Waals surface area contributed by atoms with E-state index in [4.69, 9.17) is 11.6 Å². The molecule has 1 heterocycles. The molecule has 0 aromatic rings. The first kappa shape index (κ1) is 8.59. The third-order valence-electron chi connectivity index (χ3n) is 1.32. The van der Waals surface area contributed by atoms with Gasteiger partial charge >= 0.3 is 6.18 Å². The van der Waals surface area contributed by atoms with E-state index in [1.54, 1.807) is 0 Å². The van der Waals surface area contributed by atoms with Gasteiger partial charge in [-0.05, 0) is 12.8 Å². The zero-order valence-corrected chi connectivity index (χ0v) is 6.21. The van der Waals surface area contributed by atoms with Crippen molar-refractivity contribution in [2.24, 2.45) is 4.99 Å².